The molecule has 1 aromatic carbocycles. The van der Waals surface area contributed by atoms with E-state index in [9.17, 15) is 29.3 Å². The number of rotatable bonds is 1. The summed E-state index contributed by atoms with van der Waals surface area (Å²) in [6.45, 7) is 0. The molecular formula is C16H7NO6. The quantitative estimate of drug-likeness (QED) is 0.441. The van der Waals surface area contributed by atoms with Crippen molar-refractivity contribution in [2.45, 2.75) is 6.42 Å². The van der Waals surface area contributed by atoms with E-state index in [4.69, 9.17) is 0 Å². The molecule has 0 spiro atoms. The molecule has 7 heteroatoms. The Morgan fingerprint density at radius 3 is 2.30 bits per heavy atom. The summed E-state index contributed by atoms with van der Waals surface area (Å²) in [5.41, 5.74) is -0.168. The van der Waals surface area contributed by atoms with Crippen LogP contribution in [0.2, 0.25) is 0 Å². The molecule has 3 aliphatic carbocycles. The summed E-state index contributed by atoms with van der Waals surface area (Å²) in [7, 11) is 0. The highest BCUT2D eigenvalue weighted by molar-refractivity contribution is 6.57. The lowest BCUT2D eigenvalue weighted by molar-refractivity contribution is -0.384. The van der Waals surface area contributed by atoms with Crippen LogP contribution in [-0.4, -0.2) is 28.1 Å². The van der Waals surface area contributed by atoms with Crippen molar-refractivity contribution in [2.75, 3.05) is 0 Å². The third-order valence-electron chi connectivity index (χ3n) is 4.38. The number of Topliss-reactive ketones (excluding diaryl/α,β-unsaturated/α-hetero) is 4. The second kappa shape index (κ2) is 4.16. The molecule has 4 rings (SSSR count). The van der Waals surface area contributed by atoms with E-state index >= 15 is 0 Å². The summed E-state index contributed by atoms with van der Waals surface area (Å²) in [5.74, 6) is -4.05. The first-order valence-electron chi connectivity index (χ1n) is 6.83. The summed E-state index contributed by atoms with van der Waals surface area (Å²) in [4.78, 5) is 59.4. The Labute approximate surface area is 128 Å². The molecule has 7 nitrogen and oxygen atoms in total. The Kier molecular flexibility index (Phi) is 2.43. The Morgan fingerprint density at radius 2 is 1.65 bits per heavy atom. The molecule has 23 heavy (non-hydrogen) atoms. The molecule has 0 amide bonds. The van der Waals surface area contributed by atoms with Gasteiger partial charge in [0.1, 0.15) is 0 Å². The van der Waals surface area contributed by atoms with Crippen LogP contribution in [0.3, 0.4) is 0 Å². The number of carbonyl (C=O) groups excluding carboxylic acids is 4. The van der Waals surface area contributed by atoms with E-state index in [1.807, 2.05) is 0 Å². The lowest BCUT2D eigenvalue weighted by Crippen LogP contribution is -2.38. The molecule has 0 bridgehead atoms. The van der Waals surface area contributed by atoms with Crippen LogP contribution in [0.1, 0.15) is 32.7 Å². The van der Waals surface area contributed by atoms with Crippen LogP contribution in [0.4, 0.5) is 5.69 Å². The summed E-state index contributed by atoms with van der Waals surface area (Å²) >= 11 is 0. The van der Waals surface area contributed by atoms with E-state index in [0.717, 1.165) is 12.1 Å². The lowest BCUT2D eigenvalue weighted by Gasteiger charge is -2.32. The average molecular weight is 309 g/mol. The Balaban J connectivity index is 2.18. The van der Waals surface area contributed by atoms with Gasteiger partial charge in [0.2, 0.25) is 23.1 Å². The number of non-ortho nitro benzene ring substituents is 1. The molecule has 0 aromatic heterocycles. The second-order valence-corrected chi connectivity index (χ2v) is 5.54. The van der Waals surface area contributed by atoms with Gasteiger partial charge in [0, 0.05) is 34.4 Å². The fourth-order valence-electron chi connectivity index (χ4n) is 3.38. The number of nitrogens with zero attached hydrogens (tertiary/aromatic N) is 1. The number of benzene rings is 1. The predicted molar refractivity (Wildman–Crippen MR) is 75.9 cm³/mol. The van der Waals surface area contributed by atoms with E-state index in [-0.39, 0.29) is 28.7 Å². The third-order valence-corrected chi connectivity index (χ3v) is 4.38. The Morgan fingerprint density at radius 1 is 1.00 bits per heavy atom. The Hall–Kier alpha value is -3.22. The minimum Gasteiger partial charge on any atom is -0.290 e. The zero-order valence-corrected chi connectivity index (χ0v) is 11.5. The van der Waals surface area contributed by atoms with Gasteiger partial charge in [0.15, 0.2) is 0 Å². The molecule has 1 aromatic rings. The number of carbonyl (C=O) groups is 4. The fourth-order valence-corrected chi connectivity index (χ4v) is 3.38. The van der Waals surface area contributed by atoms with Crippen LogP contribution in [0.15, 0.2) is 29.9 Å². The van der Waals surface area contributed by atoms with Crippen molar-refractivity contribution < 1.29 is 24.1 Å². The number of ketones is 4. The number of allylic oxidation sites excluding steroid dienone is 4. The summed E-state index contributed by atoms with van der Waals surface area (Å²) in [5, 5.41) is 11.0. The molecule has 0 fully saturated rings. The van der Waals surface area contributed by atoms with E-state index in [2.05, 4.69) is 0 Å². The first kappa shape index (κ1) is 13.4. The van der Waals surface area contributed by atoms with Crippen LogP contribution in [0.25, 0.3) is 5.57 Å². The van der Waals surface area contributed by atoms with E-state index in [1.165, 1.54) is 6.08 Å². The smallest absolute Gasteiger partial charge is 0.270 e. The van der Waals surface area contributed by atoms with Gasteiger partial charge in [0.05, 0.1) is 10.8 Å². The molecule has 1 atom stereocenters. The van der Waals surface area contributed by atoms with Gasteiger partial charge in [-0.3, -0.25) is 29.3 Å². The van der Waals surface area contributed by atoms with Crippen molar-refractivity contribution in [3.63, 3.8) is 0 Å². The fraction of sp³-hybridized carbons (Fsp3) is 0.125. The van der Waals surface area contributed by atoms with Crippen molar-refractivity contribution in [3.05, 3.63) is 56.7 Å². The van der Waals surface area contributed by atoms with E-state index in [1.54, 1.807) is 6.08 Å². The van der Waals surface area contributed by atoms with Crippen LogP contribution in [0, 0.1) is 16.0 Å². The molecule has 0 saturated heterocycles. The molecule has 0 radical (unpaired) electrons. The number of hydrogen-bond acceptors (Lipinski definition) is 6. The maximum absolute atomic E-state index is 12.3. The molecular weight excluding hydrogens is 302 g/mol. The monoisotopic (exact) mass is 309 g/mol. The molecule has 0 N–H and O–H groups in total. The normalized spacial score (nSPS) is 21.7. The number of hydrogen-bond donors (Lipinski definition) is 0. The van der Waals surface area contributed by atoms with Gasteiger partial charge in [-0.05, 0) is 12.0 Å². The maximum Gasteiger partial charge on any atom is 0.270 e. The van der Waals surface area contributed by atoms with Crippen LogP contribution < -0.4 is 0 Å². The highest BCUT2D eigenvalue weighted by Crippen LogP contribution is 2.46. The van der Waals surface area contributed by atoms with Crippen LogP contribution >= 0.6 is 0 Å². The molecule has 3 aliphatic rings. The molecule has 1 unspecified atom stereocenters. The van der Waals surface area contributed by atoms with Gasteiger partial charge in [-0.1, -0.05) is 12.2 Å². The van der Waals surface area contributed by atoms with E-state index in [0.29, 0.717) is 5.57 Å². The molecule has 0 saturated carbocycles. The summed E-state index contributed by atoms with van der Waals surface area (Å²) in [6, 6.07) is 2.00. The van der Waals surface area contributed by atoms with Crippen molar-refractivity contribution >= 4 is 34.4 Å². The molecule has 0 aliphatic heterocycles. The minimum absolute atomic E-state index is 0.106. The van der Waals surface area contributed by atoms with Gasteiger partial charge in [0.25, 0.3) is 5.69 Å². The average Bonchev–Trinajstić information content (AvgIpc) is 2.55. The highest BCUT2D eigenvalue weighted by atomic mass is 16.6. The van der Waals surface area contributed by atoms with Gasteiger partial charge < -0.3 is 0 Å². The SMILES string of the molecule is O=C1C(=O)c2cc([N+](=O)[O-])cc3c2C2=C1C=CCC2C(=O)C3=O. The van der Waals surface area contributed by atoms with Crippen LogP contribution in [-0.2, 0) is 9.59 Å². The zero-order chi connectivity index (χ0) is 16.5. The molecule has 112 valence electrons. The van der Waals surface area contributed by atoms with Crippen molar-refractivity contribution in [3.8, 4) is 0 Å². The third kappa shape index (κ3) is 1.53. The predicted octanol–water partition coefficient (Wildman–Crippen LogP) is 1.46. The summed E-state index contributed by atoms with van der Waals surface area (Å²) in [6.07, 6.45) is 3.32. The first-order valence-corrected chi connectivity index (χ1v) is 6.83. The first-order chi connectivity index (χ1) is 10.9. The van der Waals surface area contributed by atoms with Crippen molar-refractivity contribution in [1.82, 2.24) is 0 Å². The highest BCUT2D eigenvalue weighted by Gasteiger charge is 2.46. The van der Waals surface area contributed by atoms with Gasteiger partial charge >= 0.3 is 0 Å². The van der Waals surface area contributed by atoms with Crippen LogP contribution in [0.5, 0.6) is 0 Å². The van der Waals surface area contributed by atoms with Gasteiger partial charge in [-0.15, -0.1) is 0 Å². The topological polar surface area (TPSA) is 111 Å². The largest absolute Gasteiger partial charge is 0.290 e. The Bertz CT molecular complexity index is 950. The second-order valence-electron chi connectivity index (χ2n) is 5.54. The lowest BCUT2D eigenvalue weighted by atomic mass is 9.67. The van der Waals surface area contributed by atoms with Gasteiger partial charge in [-0.2, -0.15) is 0 Å². The van der Waals surface area contributed by atoms with Crippen molar-refractivity contribution in [2.24, 2.45) is 5.92 Å². The number of nitro benzene ring substituents is 1. The zero-order valence-electron chi connectivity index (χ0n) is 11.5. The maximum atomic E-state index is 12.3. The van der Waals surface area contributed by atoms with Gasteiger partial charge in [-0.25, -0.2) is 0 Å². The standard InChI is InChI=1S/C16H7NO6/c18-13-7-2-1-3-8-11(7)12-9(15(13)20)4-6(17(22)23)5-10(12)16(21)14(8)19/h1-2,4-5,8H,3H2. The van der Waals surface area contributed by atoms with Crippen molar-refractivity contribution in [1.29, 1.82) is 0 Å². The number of nitro groups is 1. The van der Waals surface area contributed by atoms with E-state index < -0.39 is 39.7 Å². The summed E-state index contributed by atoms with van der Waals surface area (Å²) < 4.78 is 0. The minimum atomic E-state index is -0.892. The molecule has 0 heterocycles.